The molecule has 0 aliphatic carbocycles. The summed E-state index contributed by atoms with van der Waals surface area (Å²) in [5.74, 6) is -0.606. The molecule has 0 fully saturated rings. The number of hydrogen-bond acceptors (Lipinski definition) is 4. The summed E-state index contributed by atoms with van der Waals surface area (Å²) >= 11 is 0. The molecule has 1 aromatic carbocycles. The number of hydrogen-bond donors (Lipinski definition) is 1. The average Bonchev–Trinajstić information content (AvgIpc) is 2.64. The first kappa shape index (κ1) is 11.7. The van der Waals surface area contributed by atoms with Crippen LogP contribution in [-0.2, 0) is 6.42 Å². The van der Waals surface area contributed by atoms with Crippen molar-refractivity contribution >= 4 is 0 Å². The normalized spacial score (nSPS) is 12.7. The smallest absolute Gasteiger partial charge is 0.243 e. The maximum Gasteiger partial charge on any atom is 0.243 e. The van der Waals surface area contributed by atoms with Crippen LogP contribution in [0.5, 0.6) is 0 Å². The predicted octanol–water partition coefficient (Wildman–Crippen LogP) is 1.96. The third-order valence-electron chi connectivity index (χ3n) is 2.16. The molecule has 0 spiro atoms. The highest BCUT2D eigenvalue weighted by Crippen LogP contribution is 2.13. The largest absolute Gasteiger partial charge is 0.338 e. The van der Waals surface area contributed by atoms with E-state index >= 15 is 0 Å². The zero-order valence-electron chi connectivity index (χ0n) is 9.15. The molecule has 6 heteroatoms. The van der Waals surface area contributed by atoms with Crippen molar-refractivity contribution in [3.8, 4) is 0 Å². The van der Waals surface area contributed by atoms with E-state index in [9.17, 15) is 8.78 Å². The van der Waals surface area contributed by atoms with Crippen LogP contribution in [0.15, 0.2) is 22.7 Å². The van der Waals surface area contributed by atoms with Crippen LogP contribution >= 0.6 is 0 Å². The van der Waals surface area contributed by atoms with Crippen molar-refractivity contribution in [1.82, 2.24) is 10.1 Å². The van der Waals surface area contributed by atoms with Crippen LogP contribution in [-0.4, -0.2) is 10.1 Å². The zero-order chi connectivity index (χ0) is 12.4. The summed E-state index contributed by atoms with van der Waals surface area (Å²) in [6.45, 7) is 1.71. The van der Waals surface area contributed by atoms with Gasteiger partial charge in [-0.1, -0.05) is 5.16 Å². The van der Waals surface area contributed by atoms with E-state index in [1.54, 1.807) is 6.92 Å². The molecule has 0 saturated heterocycles. The molecule has 1 atom stereocenters. The highest BCUT2D eigenvalue weighted by molar-refractivity contribution is 5.21. The van der Waals surface area contributed by atoms with Gasteiger partial charge in [-0.25, -0.2) is 8.78 Å². The monoisotopic (exact) mass is 239 g/mol. The standard InChI is InChI=1S/C11H11F2N3O/c1-6(14)11-15-10(16-17-11)4-7-2-8(12)5-9(13)3-7/h2-3,5-6H,4,14H2,1H3/t6-/m0/s1. The SMILES string of the molecule is C[C@H](N)c1nc(Cc2cc(F)cc(F)c2)no1. The lowest BCUT2D eigenvalue weighted by molar-refractivity contribution is 0.357. The Morgan fingerprint density at radius 1 is 1.29 bits per heavy atom. The zero-order valence-corrected chi connectivity index (χ0v) is 9.15. The van der Waals surface area contributed by atoms with Gasteiger partial charge in [0.05, 0.1) is 6.04 Å². The van der Waals surface area contributed by atoms with E-state index in [0.29, 0.717) is 17.3 Å². The molecule has 90 valence electrons. The van der Waals surface area contributed by atoms with Gasteiger partial charge in [0.25, 0.3) is 0 Å². The summed E-state index contributed by atoms with van der Waals surface area (Å²) in [4.78, 5) is 4.02. The van der Waals surface area contributed by atoms with Gasteiger partial charge in [-0.2, -0.15) is 4.98 Å². The first-order chi connectivity index (χ1) is 8.04. The van der Waals surface area contributed by atoms with Gasteiger partial charge in [0.2, 0.25) is 5.89 Å². The van der Waals surface area contributed by atoms with Crippen molar-refractivity contribution in [2.24, 2.45) is 5.73 Å². The molecule has 2 rings (SSSR count). The Kier molecular flexibility index (Phi) is 3.14. The Labute approximate surface area is 96.4 Å². The van der Waals surface area contributed by atoms with E-state index in [2.05, 4.69) is 10.1 Å². The molecular weight excluding hydrogens is 228 g/mol. The van der Waals surface area contributed by atoms with Crippen molar-refractivity contribution < 1.29 is 13.3 Å². The fourth-order valence-corrected chi connectivity index (χ4v) is 1.42. The number of benzene rings is 1. The van der Waals surface area contributed by atoms with Gasteiger partial charge in [-0.05, 0) is 24.6 Å². The molecule has 1 heterocycles. The molecule has 0 amide bonds. The van der Waals surface area contributed by atoms with Gasteiger partial charge < -0.3 is 10.3 Å². The summed E-state index contributed by atoms with van der Waals surface area (Å²) in [5, 5.41) is 3.68. The maximum atomic E-state index is 12.9. The summed E-state index contributed by atoms with van der Waals surface area (Å²) in [5.41, 5.74) is 6.00. The van der Waals surface area contributed by atoms with Crippen LogP contribution in [0, 0.1) is 11.6 Å². The second-order valence-corrected chi connectivity index (χ2v) is 3.79. The highest BCUT2D eigenvalue weighted by atomic mass is 19.1. The number of halogens is 2. The maximum absolute atomic E-state index is 12.9. The Morgan fingerprint density at radius 3 is 2.47 bits per heavy atom. The fourth-order valence-electron chi connectivity index (χ4n) is 1.42. The average molecular weight is 239 g/mol. The molecule has 0 aliphatic rings. The molecule has 0 bridgehead atoms. The first-order valence-electron chi connectivity index (χ1n) is 5.07. The van der Waals surface area contributed by atoms with E-state index in [1.165, 1.54) is 12.1 Å². The van der Waals surface area contributed by atoms with Gasteiger partial charge in [-0.3, -0.25) is 0 Å². The molecule has 0 saturated carbocycles. The van der Waals surface area contributed by atoms with Gasteiger partial charge >= 0.3 is 0 Å². The Morgan fingerprint density at radius 2 is 1.94 bits per heavy atom. The van der Waals surface area contributed by atoms with Crippen LogP contribution < -0.4 is 5.73 Å². The summed E-state index contributed by atoms with van der Waals surface area (Å²) in [6.07, 6.45) is 0.199. The molecule has 17 heavy (non-hydrogen) atoms. The molecule has 0 unspecified atom stereocenters. The minimum absolute atomic E-state index is 0.199. The lowest BCUT2D eigenvalue weighted by atomic mass is 10.1. The Balaban J connectivity index is 2.19. The van der Waals surface area contributed by atoms with Crippen LogP contribution in [0.25, 0.3) is 0 Å². The van der Waals surface area contributed by atoms with E-state index < -0.39 is 11.6 Å². The first-order valence-corrected chi connectivity index (χ1v) is 5.07. The van der Waals surface area contributed by atoms with Crippen molar-refractivity contribution in [2.45, 2.75) is 19.4 Å². The summed E-state index contributed by atoms with van der Waals surface area (Å²) < 4.78 is 30.8. The third kappa shape index (κ3) is 2.85. The van der Waals surface area contributed by atoms with Crippen molar-refractivity contribution in [1.29, 1.82) is 0 Å². The van der Waals surface area contributed by atoms with E-state index in [0.717, 1.165) is 6.07 Å². The molecule has 2 aromatic rings. The minimum atomic E-state index is -0.629. The molecule has 0 aliphatic heterocycles. The Hall–Kier alpha value is -1.82. The second kappa shape index (κ2) is 4.58. The quantitative estimate of drug-likeness (QED) is 0.889. The molecule has 0 radical (unpaired) electrons. The van der Waals surface area contributed by atoms with Crippen molar-refractivity contribution in [2.75, 3.05) is 0 Å². The highest BCUT2D eigenvalue weighted by Gasteiger charge is 2.11. The van der Waals surface area contributed by atoms with Gasteiger partial charge in [0.15, 0.2) is 5.82 Å². The van der Waals surface area contributed by atoms with Gasteiger partial charge in [0.1, 0.15) is 11.6 Å². The molecule has 4 nitrogen and oxygen atoms in total. The van der Waals surface area contributed by atoms with E-state index in [1.807, 2.05) is 0 Å². The lowest BCUT2D eigenvalue weighted by Crippen LogP contribution is -2.05. The van der Waals surface area contributed by atoms with Crippen LogP contribution in [0.1, 0.15) is 30.2 Å². The summed E-state index contributed by atoms with van der Waals surface area (Å²) in [6, 6.07) is 2.91. The van der Waals surface area contributed by atoms with Crippen molar-refractivity contribution in [3.05, 3.63) is 47.1 Å². The van der Waals surface area contributed by atoms with Crippen LogP contribution in [0.2, 0.25) is 0 Å². The number of aromatic nitrogens is 2. The minimum Gasteiger partial charge on any atom is -0.338 e. The van der Waals surface area contributed by atoms with Gasteiger partial charge in [0, 0.05) is 12.5 Å². The van der Waals surface area contributed by atoms with Crippen molar-refractivity contribution in [3.63, 3.8) is 0 Å². The Bertz CT molecular complexity index is 505. The van der Waals surface area contributed by atoms with Crippen LogP contribution in [0.4, 0.5) is 8.78 Å². The predicted molar refractivity (Wildman–Crippen MR) is 56.1 cm³/mol. The number of nitrogens with zero attached hydrogens (tertiary/aromatic N) is 2. The third-order valence-corrected chi connectivity index (χ3v) is 2.16. The fraction of sp³-hybridized carbons (Fsp3) is 0.273. The summed E-state index contributed by atoms with van der Waals surface area (Å²) in [7, 11) is 0. The van der Waals surface area contributed by atoms with E-state index in [-0.39, 0.29) is 12.5 Å². The van der Waals surface area contributed by atoms with Gasteiger partial charge in [-0.15, -0.1) is 0 Å². The second-order valence-electron chi connectivity index (χ2n) is 3.79. The topological polar surface area (TPSA) is 64.9 Å². The number of nitrogens with two attached hydrogens (primary N) is 1. The van der Waals surface area contributed by atoms with E-state index in [4.69, 9.17) is 10.3 Å². The molecule has 2 N–H and O–H groups in total. The number of rotatable bonds is 3. The lowest BCUT2D eigenvalue weighted by Gasteiger charge is -1.98. The van der Waals surface area contributed by atoms with Crippen LogP contribution in [0.3, 0.4) is 0 Å². The molecule has 1 aromatic heterocycles. The molecular formula is C11H11F2N3O.